The maximum absolute atomic E-state index is 12.1. The summed E-state index contributed by atoms with van der Waals surface area (Å²) in [6, 6.07) is 13.7. The third-order valence-corrected chi connectivity index (χ3v) is 3.74. The molecular formula is C19H14Cl2FN3O2. The number of benzene rings is 2. The third kappa shape index (κ3) is 6.69. The largest absolute Gasteiger partial charge is 0.329 e. The number of hydrogen-bond donors (Lipinski definition) is 2. The lowest BCUT2D eigenvalue weighted by molar-refractivity contribution is -0.105. The van der Waals surface area contributed by atoms with Crippen LogP contribution in [-0.2, 0) is 4.79 Å². The Labute approximate surface area is 165 Å². The predicted molar refractivity (Wildman–Crippen MR) is 105 cm³/mol. The molecule has 0 aliphatic heterocycles. The number of carbonyl (C=O) groups excluding carboxylic acids is 2. The van der Waals surface area contributed by atoms with Crippen LogP contribution < -0.4 is 10.6 Å². The Bertz CT molecular complexity index is 886. The second-order valence-electron chi connectivity index (χ2n) is 5.09. The van der Waals surface area contributed by atoms with Crippen LogP contribution in [0.4, 0.5) is 15.8 Å². The van der Waals surface area contributed by atoms with Crippen molar-refractivity contribution in [3.05, 3.63) is 88.4 Å². The molecule has 1 heterocycles. The molecule has 0 fully saturated rings. The van der Waals surface area contributed by atoms with Crippen molar-refractivity contribution >= 4 is 46.9 Å². The molecule has 3 rings (SSSR count). The Kier molecular flexibility index (Phi) is 7.73. The van der Waals surface area contributed by atoms with E-state index < -0.39 is 0 Å². The number of nitrogens with zero attached hydrogens (tertiary/aromatic N) is 1. The van der Waals surface area contributed by atoms with E-state index in [0.717, 1.165) is 0 Å². The summed E-state index contributed by atoms with van der Waals surface area (Å²) >= 11 is 11.4. The van der Waals surface area contributed by atoms with Crippen molar-refractivity contribution < 1.29 is 14.0 Å². The Hall–Kier alpha value is -2.96. The van der Waals surface area contributed by atoms with E-state index in [0.29, 0.717) is 27.8 Å². The fourth-order valence-electron chi connectivity index (χ4n) is 1.92. The van der Waals surface area contributed by atoms with Gasteiger partial charge in [0, 0.05) is 16.9 Å². The zero-order valence-corrected chi connectivity index (χ0v) is 15.3. The molecule has 138 valence electrons. The molecular weight excluding hydrogens is 392 g/mol. The zero-order chi connectivity index (χ0) is 19.6. The van der Waals surface area contributed by atoms with Crippen molar-refractivity contribution in [1.82, 2.24) is 4.98 Å². The highest BCUT2D eigenvalue weighted by Gasteiger charge is 2.11. The minimum absolute atomic E-state index is 0.255. The first kappa shape index (κ1) is 20.4. The molecule has 3 aromatic rings. The number of carbonyl (C=O) groups is 2. The van der Waals surface area contributed by atoms with Crippen LogP contribution in [0.1, 0.15) is 10.4 Å². The number of rotatable bonds is 4. The third-order valence-electron chi connectivity index (χ3n) is 3.16. The van der Waals surface area contributed by atoms with Crippen LogP contribution in [0, 0.1) is 5.82 Å². The smallest absolute Gasteiger partial charge is 0.257 e. The van der Waals surface area contributed by atoms with Crippen LogP contribution in [0.25, 0.3) is 0 Å². The summed E-state index contributed by atoms with van der Waals surface area (Å²) in [5.74, 6) is -0.623. The molecule has 2 N–H and O–H groups in total. The lowest BCUT2D eigenvalue weighted by atomic mass is 10.2. The van der Waals surface area contributed by atoms with Crippen molar-refractivity contribution in [3.8, 4) is 0 Å². The standard InChI is InChI=1S/C13H10ClN3O2.C6H4ClF/c14-12-4-3-9(16-8-18)6-11(12)13(19)17-10-2-1-5-15-7-10;7-5-1-3-6(8)4-2-5/h1-8H,(H,16,18)(H,17,19);1-4H. The van der Waals surface area contributed by atoms with E-state index in [1.165, 1.54) is 36.5 Å². The van der Waals surface area contributed by atoms with Crippen molar-refractivity contribution in [2.45, 2.75) is 0 Å². The van der Waals surface area contributed by atoms with Crippen LogP contribution in [0.3, 0.4) is 0 Å². The number of nitrogens with one attached hydrogen (secondary N) is 2. The fourth-order valence-corrected chi connectivity index (χ4v) is 2.25. The molecule has 0 saturated heterocycles. The average Bonchev–Trinajstić information content (AvgIpc) is 2.67. The molecule has 2 aromatic carbocycles. The van der Waals surface area contributed by atoms with Crippen LogP contribution in [0.5, 0.6) is 0 Å². The molecule has 0 radical (unpaired) electrons. The molecule has 5 nitrogen and oxygen atoms in total. The summed E-state index contributed by atoms with van der Waals surface area (Å²) in [6.45, 7) is 0. The van der Waals surface area contributed by atoms with E-state index in [1.807, 2.05) is 0 Å². The predicted octanol–water partition coefficient (Wildman–Crippen LogP) is 5.03. The summed E-state index contributed by atoms with van der Waals surface area (Å²) in [5.41, 5.74) is 1.34. The van der Waals surface area contributed by atoms with Gasteiger partial charge in [0.25, 0.3) is 5.91 Å². The van der Waals surface area contributed by atoms with Gasteiger partial charge in [-0.2, -0.15) is 0 Å². The average molecular weight is 406 g/mol. The molecule has 1 aromatic heterocycles. The SMILES string of the molecule is Fc1ccc(Cl)cc1.O=CNc1ccc(Cl)c(C(=O)Nc2cccnc2)c1. The van der Waals surface area contributed by atoms with Crippen molar-refractivity contribution in [2.75, 3.05) is 10.6 Å². The van der Waals surface area contributed by atoms with Crippen LogP contribution in [-0.4, -0.2) is 17.3 Å². The van der Waals surface area contributed by atoms with Gasteiger partial charge in [-0.15, -0.1) is 0 Å². The van der Waals surface area contributed by atoms with Gasteiger partial charge >= 0.3 is 0 Å². The first-order valence-corrected chi connectivity index (χ1v) is 8.37. The Morgan fingerprint density at radius 3 is 2.37 bits per heavy atom. The maximum Gasteiger partial charge on any atom is 0.257 e. The minimum Gasteiger partial charge on any atom is -0.329 e. The number of hydrogen-bond acceptors (Lipinski definition) is 3. The number of halogens is 3. The highest BCUT2D eigenvalue weighted by atomic mass is 35.5. The second kappa shape index (κ2) is 10.3. The molecule has 0 spiro atoms. The summed E-state index contributed by atoms with van der Waals surface area (Å²) < 4.78 is 12.0. The van der Waals surface area contributed by atoms with Gasteiger partial charge in [-0.25, -0.2) is 4.39 Å². The van der Waals surface area contributed by atoms with Gasteiger partial charge in [-0.05, 0) is 54.6 Å². The number of pyridine rings is 1. The van der Waals surface area contributed by atoms with E-state index in [-0.39, 0.29) is 17.3 Å². The minimum atomic E-state index is -0.368. The van der Waals surface area contributed by atoms with Crippen LogP contribution >= 0.6 is 23.2 Å². The molecule has 0 aliphatic rings. The molecule has 0 unspecified atom stereocenters. The molecule has 8 heteroatoms. The number of amides is 2. The lowest BCUT2D eigenvalue weighted by Gasteiger charge is -2.08. The van der Waals surface area contributed by atoms with Crippen LogP contribution in [0.15, 0.2) is 67.0 Å². The molecule has 0 bridgehead atoms. The first-order valence-electron chi connectivity index (χ1n) is 7.62. The zero-order valence-electron chi connectivity index (χ0n) is 13.8. The molecule has 2 amide bonds. The van der Waals surface area contributed by atoms with Gasteiger partial charge < -0.3 is 10.6 Å². The van der Waals surface area contributed by atoms with Gasteiger partial charge in [0.05, 0.1) is 22.5 Å². The van der Waals surface area contributed by atoms with E-state index in [4.69, 9.17) is 23.2 Å². The van der Waals surface area contributed by atoms with E-state index in [2.05, 4.69) is 15.6 Å². The van der Waals surface area contributed by atoms with Crippen molar-refractivity contribution in [3.63, 3.8) is 0 Å². The van der Waals surface area contributed by atoms with Gasteiger partial charge in [0.2, 0.25) is 6.41 Å². The van der Waals surface area contributed by atoms with Gasteiger partial charge in [0.1, 0.15) is 5.82 Å². The van der Waals surface area contributed by atoms with Crippen molar-refractivity contribution in [2.24, 2.45) is 0 Å². The molecule has 27 heavy (non-hydrogen) atoms. The van der Waals surface area contributed by atoms with Crippen LogP contribution in [0.2, 0.25) is 10.0 Å². The van der Waals surface area contributed by atoms with E-state index in [1.54, 1.807) is 30.5 Å². The summed E-state index contributed by atoms with van der Waals surface area (Å²) in [5, 5.41) is 5.99. The lowest BCUT2D eigenvalue weighted by Crippen LogP contribution is -2.13. The van der Waals surface area contributed by atoms with E-state index >= 15 is 0 Å². The van der Waals surface area contributed by atoms with Gasteiger partial charge in [0.15, 0.2) is 0 Å². The summed E-state index contributed by atoms with van der Waals surface area (Å²) in [4.78, 5) is 26.3. The quantitative estimate of drug-likeness (QED) is 0.597. The molecule has 0 saturated carbocycles. The van der Waals surface area contributed by atoms with Gasteiger partial charge in [-0.3, -0.25) is 14.6 Å². The monoisotopic (exact) mass is 405 g/mol. The Morgan fingerprint density at radius 1 is 1.04 bits per heavy atom. The van der Waals surface area contributed by atoms with E-state index in [9.17, 15) is 14.0 Å². The van der Waals surface area contributed by atoms with Crippen molar-refractivity contribution in [1.29, 1.82) is 0 Å². The molecule has 0 atom stereocenters. The molecule has 0 aliphatic carbocycles. The summed E-state index contributed by atoms with van der Waals surface area (Å²) in [6.07, 6.45) is 3.67. The number of anilines is 2. The number of aromatic nitrogens is 1. The first-order chi connectivity index (χ1) is 13.0. The highest BCUT2D eigenvalue weighted by molar-refractivity contribution is 6.34. The Balaban J connectivity index is 0.000000273. The Morgan fingerprint density at radius 2 is 1.78 bits per heavy atom. The maximum atomic E-state index is 12.1. The topological polar surface area (TPSA) is 71.1 Å². The highest BCUT2D eigenvalue weighted by Crippen LogP contribution is 2.21. The normalized spacial score (nSPS) is 9.59. The van der Waals surface area contributed by atoms with Gasteiger partial charge in [-0.1, -0.05) is 23.2 Å². The second-order valence-corrected chi connectivity index (χ2v) is 5.93. The fraction of sp³-hybridized carbons (Fsp3) is 0. The summed E-state index contributed by atoms with van der Waals surface area (Å²) in [7, 11) is 0.